The van der Waals surface area contributed by atoms with Crippen LogP contribution in [0.3, 0.4) is 0 Å². The molecular formula is C13H15NO5. The van der Waals surface area contributed by atoms with Crippen molar-refractivity contribution in [2.45, 2.75) is 6.92 Å². The van der Waals surface area contributed by atoms with Crippen LogP contribution in [0.4, 0.5) is 5.69 Å². The van der Waals surface area contributed by atoms with Gasteiger partial charge >= 0.3 is 11.9 Å². The molecule has 0 unspecified atom stereocenters. The number of carbonyl (C=O) groups is 2. The van der Waals surface area contributed by atoms with Gasteiger partial charge in [0.2, 0.25) is 0 Å². The molecule has 0 spiro atoms. The summed E-state index contributed by atoms with van der Waals surface area (Å²) in [5.74, 6) is -1.52. The van der Waals surface area contributed by atoms with Gasteiger partial charge in [-0.3, -0.25) is 0 Å². The maximum Gasteiger partial charge on any atom is 0.342 e. The van der Waals surface area contributed by atoms with Crippen molar-refractivity contribution in [2.24, 2.45) is 0 Å². The summed E-state index contributed by atoms with van der Waals surface area (Å²) >= 11 is 0. The Hall–Kier alpha value is -2.50. The normalized spacial score (nSPS) is 9.74. The molecular weight excluding hydrogens is 250 g/mol. The number of phenolic OH excluding ortho intramolecular Hbond substituents is 1. The minimum Gasteiger partial charge on any atom is -0.507 e. The first-order valence-corrected chi connectivity index (χ1v) is 5.50. The second-order valence-electron chi connectivity index (χ2n) is 3.83. The van der Waals surface area contributed by atoms with Gasteiger partial charge in [0.25, 0.3) is 0 Å². The molecule has 1 rings (SSSR count). The molecule has 102 valence electrons. The van der Waals surface area contributed by atoms with Crippen LogP contribution in [-0.4, -0.2) is 30.3 Å². The van der Waals surface area contributed by atoms with Crippen molar-refractivity contribution >= 4 is 17.6 Å². The predicted octanol–water partition coefficient (Wildman–Crippen LogP) is 1.25. The zero-order valence-electron chi connectivity index (χ0n) is 10.5. The topological polar surface area (TPSA) is 98.9 Å². The number of esters is 2. The number of carbonyl (C=O) groups excluding carboxylic acids is 2. The maximum absolute atomic E-state index is 11.6. The number of phenols is 1. The Kier molecular flexibility index (Phi) is 4.93. The summed E-state index contributed by atoms with van der Waals surface area (Å²) in [6, 6.07) is 4.06. The van der Waals surface area contributed by atoms with Gasteiger partial charge < -0.3 is 20.3 Å². The first-order valence-electron chi connectivity index (χ1n) is 5.50. The fourth-order valence-corrected chi connectivity index (χ4v) is 1.19. The maximum atomic E-state index is 11.6. The lowest BCUT2D eigenvalue weighted by atomic mass is 10.2. The highest BCUT2D eigenvalue weighted by Crippen LogP contribution is 2.20. The van der Waals surface area contributed by atoms with Crippen LogP contribution in [0.15, 0.2) is 30.4 Å². The summed E-state index contributed by atoms with van der Waals surface area (Å²) in [4.78, 5) is 22.6. The van der Waals surface area contributed by atoms with Crippen LogP contribution < -0.4 is 5.73 Å². The third kappa shape index (κ3) is 4.34. The number of anilines is 1. The lowest BCUT2D eigenvalue weighted by Crippen LogP contribution is -2.14. The van der Waals surface area contributed by atoms with Crippen molar-refractivity contribution in [1.29, 1.82) is 0 Å². The first-order chi connectivity index (χ1) is 8.91. The largest absolute Gasteiger partial charge is 0.507 e. The fraction of sp³-hybridized carbons (Fsp3) is 0.231. The minimum atomic E-state index is -0.740. The third-order valence-electron chi connectivity index (χ3n) is 2.14. The van der Waals surface area contributed by atoms with E-state index < -0.39 is 11.9 Å². The van der Waals surface area contributed by atoms with Crippen molar-refractivity contribution < 1.29 is 24.2 Å². The molecule has 0 radical (unpaired) electrons. The van der Waals surface area contributed by atoms with Crippen LogP contribution in [0.2, 0.25) is 0 Å². The van der Waals surface area contributed by atoms with Crippen molar-refractivity contribution in [3.05, 3.63) is 35.9 Å². The summed E-state index contributed by atoms with van der Waals surface area (Å²) in [7, 11) is 0. The molecule has 0 fully saturated rings. The number of aromatic hydroxyl groups is 1. The van der Waals surface area contributed by atoms with Crippen molar-refractivity contribution in [3.8, 4) is 5.75 Å². The zero-order valence-corrected chi connectivity index (χ0v) is 10.5. The van der Waals surface area contributed by atoms with E-state index >= 15 is 0 Å². The number of rotatable bonds is 5. The van der Waals surface area contributed by atoms with Gasteiger partial charge in [0.15, 0.2) is 0 Å². The van der Waals surface area contributed by atoms with E-state index in [4.69, 9.17) is 15.2 Å². The number of hydrogen-bond donors (Lipinski definition) is 2. The highest BCUT2D eigenvalue weighted by Gasteiger charge is 2.13. The second kappa shape index (κ2) is 6.44. The molecule has 0 aliphatic rings. The van der Waals surface area contributed by atoms with Gasteiger partial charge in [-0.2, -0.15) is 0 Å². The molecule has 19 heavy (non-hydrogen) atoms. The number of hydrogen-bond acceptors (Lipinski definition) is 6. The lowest BCUT2D eigenvalue weighted by Gasteiger charge is -2.07. The van der Waals surface area contributed by atoms with Gasteiger partial charge in [-0.05, 0) is 25.1 Å². The monoisotopic (exact) mass is 265 g/mol. The van der Waals surface area contributed by atoms with Crippen molar-refractivity contribution in [2.75, 3.05) is 18.9 Å². The molecule has 0 atom stereocenters. The summed E-state index contributed by atoms with van der Waals surface area (Å²) in [6.07, 6.45) is 0. The van der Waals surface area contributed by atoms with E-state index in [1.54, 1.807) is 0 Å². The number of nitrogens with two attached hydrogens (primary N) is 1. The SMILES string of the molecule is C=C(C)C(=O)OCCOC(=O)c1cc(N)ccc1O. The highest BCUT2D eigenvalue weighted by atomic mass is 16.6. The molecule has 0 saturated carbocycles. The summed E-state index contributed by atoms with van der Waals surface area (Å²) in [5, 5.41) is 9.47. The predicted molar refractivity (Wildman–Crippen MR) is 68.6 cm³/mol. The average Bonchev–Trinajstić information content (AvgIpc) is 2.36. The van der Waals surface area contributed by atoms with Gasteiger partial charge in [0.1, 0.15) is 24.5 Å². The molecule has 0 aliphatic heterocycles. The summed E-state index contributed by atoms with van der Waals surface area (Å²) in [6.45, 7) is 4.72. The van der Waals surface area contributed by atoms with E-state index in [2.05, 4.69) is 6.58 Å². The Morgan fingerprint density at radius 2 is 1.95 bits per heavy atom. The molecule has 0 aliphatic carbocycles. The van der Waals surface area contributed by atoms with Crippen LogP contribution in [0, 0.1) is 0 Å². The van der Waals surface area contributed by atoms with E-state index in [-0.39, 0.29) is 30.1 Å². The van der Waals surface area contributed by atoms with Gasteiger partial charge in [-0.1, -0.05) is 6.58 Å². The van der Waals surface area contributed by atoms with Gasteiger partial charge in [-0.15, -0.1) is 0 Å². The molecule has 0 bridgehead atoms. The number of nitrogen functional groups attached to an aromatic ring is 1. The van der Waals surface area contributed by atoms with Crippen LogP contribution in [0.25, 0.3) is 0 Å². The minimum absolute atomic E-state index is 0.0359. The van der Waals surface area contributed by atoms with Crippen molar-refractivity contribution in [3.63, 3.8) is 0 Å². The smallest absolute Gasteiger partial charge is 0.342 e. The van der Waals surface area contributed by atoms with E-state index in [1.165, 1.54) is 25.1 Å². The van der Waals surface area contributed by atoms with Gasteiger partial charge in [0, 0.05) is 11.3 Å². The first kappa shape index (κ1) is 14.6. The van der Waals surface area contributed by atoms with Gasteiger partial charge in [-0.25, -0.2) is 9.59 Å². The third-order valence-corrected chi connectivity index (χ3v) is 2.14. The molecule has 0 amide bonds. The molecule has 1 aromatic carbocycles. The van der Waals surface area contributed by atoms with E-state index in [9.17, 15) is 14.7 Å². The van der Waals surface area contributed by atoms with E-state index in [1.807, 2.05) is 0 Å². The molecule has 3 N–H and O–H groups in total. The van der Waals surface area contributed by atoms with Crippen LogP contribution in [0.1, 0.15) is 17.3 Å². The van der Waals surface area contributed by atoms with Gasteiger partial charge in [0.05, 0.1) is 0 Å². The molecule has 6 nitrogen and oxygen atoms in total. The van der Waals surface area contributed by atoms with Crippen LogP contribution >= 0.6 is 0 Å². The quantitative estimate of drug-likeness (QED) is 0.273. The molecule has 0 heterocycles. The second-order valence-corrected chi connectivity index (χ2v) is 3.83. The van der Waals surface area contributed by atoms with Crippen LogP contribution in [0.5, 0.6) is 5.75 Å². The molecule has 0 aromatic heterocycles. The standard InChI is InChI=1S/C13H15NO5/c1-8(2)12(16)18-5-6-19-13(17)10-7-9(14)3-4-11(10)15/h3-4,7,15H,1,5-6,14H2,2H3. The zero-order chi connectivity index (χ0) is 14.4. The molecule has 1 aromatic rings. The fourth-order valence-electron chi connectivity index (χ4n) is 1.19. The highest BCUT2D eigenvalue weighted by molar-refractivity contribution is 5.93. The Morgan fingerprint density at radius 1 is 1.32 bits per heavy atom. The number of benzene rings is 1. The Balaban J connectivity index is 2.46. The van der Waals surface area contributed by atoms with E-state index in [0.29, 0.717) is 5.69 Å². The molecule has 0 saturated heterocycles. The Morgan fingerprint density at radius 3 is 2.58 bits per heavy atom. The van der Waals surface area contributed by atoms with E-state index in [0.717, 1.165) is 0 Å². The summed E-state index contributed by atoms with van der Waals surface area (Å²) in [5.41, 5.74) is 6.05. The Labute approximate surface area is 110 Å². The number of ether oxygens (including phenoxy) is 2. The average molecular weight is 265 g/mol. The van der Waals surface area contributed by atoms with Crippen LogP contribution in [-0.2, 0) is 14.3 Å². The Bertz CT molecular complexity index is 510. The summed E-state index contributed by atoms with van der Waals surface area (Å²) < 4.78 is 9.57. The van der Waals surface area contributed by atoms with Crippen molar-refractivity contribution in [1.82, 2.24) is 0 Å². The molecule has 6 heteroatoms. The lowest BCUT2D eigenvalue weighted by molar-refractivity contribution is -0.140.